The van der Waals surface area contributed by atoms with Crippen LogP contribution in [0.4, 0.5) is 0 Å². The molecule has 4 amide bonds. The van der Waals surface area contributed by atoms with Gasteiger partial charge in [-0.05, 0) is 88.7 Å². The zero-order valence-electron chi connectivity index (χ0n) is 23.3. The van der Waals surface area contributed by atoms with Crippen molar-refractivity contribution in [3.63, 3.8) is 0 Å². The lowest BCUT2D eigenvalue weighted by molar-refractivity contribution is 0.0594. The fraction of sp³-hybridized carbons (Fsp3) is 0.257. The maximum atomic E-state index is 13.7. The highest BCUT2D eigenvalue weighted by Gasteiger charge is 2.36. The Hall–Kier alpha value is -4.58. The van der Waals surface area contributed by atoms with Gasteiger partial charge in [-0.2, -0.15) is 0 Å². The van der Waals surface area contributed by atoms with Crippen molar-refractivity contribution in [1.82, 2.24) is 9.80 Å². The van der Waals surface area contributed by atoms with E-state index in [0.717, 1.165) is 58.0 Å². The zero-order valence-corrected chi connectivity index (χ0v) is 23.3. The number of hydrogen-bond acceptors (Lipinski definition) is 4. The van der Waals surface area contributed by atoms with Gasteiger partial charge in [0.15, 0.2) is 0 Å². The fourth-order valence-corrected chi connectivity index (χ4v) is 6.82. The first-order chi connectivity index (χ1) is 19.9. The van der Waals surface area contributed by atoms with Crippen molar-refractivity contribution < 1.29 is 19.2 Å². The summed E-state index contributed by atoms with van der Waals surface area (Å²) in [6, 6.07) is 15.1. The van der Waals surface area contributed by atoms with Crippen LogP contribution in [-0.4, -0.2) is 46.5 Å². The molecule has 0 N–H and O–H groups in total. The SMILES string of the molecule is C=C(CC)CCCCN1C(=O)c2ccc3c4ccc5c6c(ccc(c7ccc(c2c37)C1=O)c64)C(=O)N(CCC)C5=O. The number of rotatable bonds is 8. The number of nitrogens with zero attached hydrogens (tertiary/aromatic N) is 2. The summed E-state index contributed by atoms with van der Waals surface area (Å²) in [6.45, 7) is 8.85. The van der Waals surface area contributed by atoms with Crippen molar-refractivity contribution in [1.29, 1.82) is 0 Å². The quantitative estimate of drug-likeness (QED) is 0.0670. The Bertz CT molecular complexity index is 1880. The van der Waals surface area contributed by atoms with Gasteiger partial charge in [-0.15, -0.1) is 0 Å². The van der Waals surface area contributed by atoms with E-state index >= 15 is 0 Å². The minimum atomic E-state index is -0.264. The molecule has 2 heterocycles. The van der Waals surface area contributed by atoms with E-state index < -0.39 is 0 Å². The van der Waals surface area contributed by atoms with Crippen molar-refractivity contribution in [2.45, 2.75) is 46.0 Å². The summed E-state index contributed by atoms with van der Waals surface area (Å²) in [5.41, 5.74) is 3.32. The zero-order chi connectivity index (χ0) is 28.6. The average Bonchev–Trinajstić information content (AvgIpc) is 2.99. The molecule has 6 nitrogen and oxygen atoms in total. The lowest BCUT2D eigenvalue weighted by Crippen LogP contribution is -2.41. The number of imide groups is 2. The third-order valence-electron chi connectivity index (χ3n) is 8.91. The molecular weight excluding hydrogens is 512 g/mol. The molecule has 0 aliphatic carbocycles. The molecule has 2 aliphatic heterocycles. The molecule has 6 heteroatoms. The monoisotopic (exact) mass is 542 g/mol. The van der Waals surface area contributed by atoms with Gasteiger partial charge < -0.3 is 0 Å². The second-order valence-corrected chi connectivity index (χ2v) is 11.2. The van der Waals surface area contributed by atoms with Gasteiger partial charge >= 0.3 is 0 Å². The van der Waals surface area contributed by atoms with Gasteiger partial charge in [-0.3, -0.25) is 29.0 Å². The number of benzene rings is 5. The summed E-state index contributed by atoms with van der Waals surface area (Å²) in [6.07, 6.45) is 4.14. The number of allylic oxidation sites excluding steroid dienone is 1. The molecule has 5 aromatic rings. The summed E-state index contributed by atoms with van der Waals surface area (Å²) < 4.78 is 0. The molecule has 0 atom stereocenters. The first-order valence-corrected chi connectivity index (χ1v) is 14.5. The van der Waals surface area contributed by atoms with Crippen molar-refractivity contribution in [3.05, 3.63) is 82.9 Å². The van der Waals surface area contributed by atoms with E-state index in [4.69, 9.17) is 0 Å². The van der Waals surface area contributed by atoms with Crippen LogP contribution < -0.4 is 0 Å². The van der Waals surface area contributed by atoms with Gasteiger partial charge in [0.25, 0.3) is 23.6 Å². The van der Waals surface area contributed by atoms with Crippen LogP contribution in [0.5, 0.6) is 0 Å². The van der Waals surface area contributed by atoms with Gasteiger partial charge in [-0.1, -0.05) is 50.3 Å². The second kappa shape index (κ2) is 9.23. The molecule has 204 valence electrons. The Labute approximate surface area is 237 Å². The van der Waals surface area contributed by atoms with Crippen molar-refractivity contribution in [2.24, 2.45) is 0 Å². The van der Waals surface area contributed by atoms with Crippen LogP contribution in [0.25, 0.3) is 43.1 Å². The van der Waals surface area contributed by atoms with E-state index in [2.05, 4.69) is 13.5 Å². The molecule has 0 bridgehead atoms. The van der Waals surface area contributed by atoms with Crippen LogP contribution >= 0.6 is 0 Å². The summed E-state index contributed by atoms with van der Waals surface area (Å²) in [5, 5.41) is 6.73. The molecule has 0 aromatic heterocycles. The van der Waals surface area contributed by atoms with E-state index in [1.807, 2.05) is 55.5 Å². The molecule has 7 rings (SSSR count). The number of amides is 4. The Morgan fingerprint density at radius 1 is 0.561 bits per heavy atom. The highest BCUT2D eigenvalue weighted by molar-refractivity contribution is 6.41. The Morgan fingerprint density at radius 3 is 1.32 bits per heavy atom. The average molecular weight is 543 g/mol. The lowest BCUT2D eigenvalue weighted by atomic mass is 9.82. The minimum absolute atomic E-state index is 0.260. The second-order valence-electron chi connectivity index (χ2n) is 11.2. The largest absolute Gasteiger partial charge is 0.274 e. The number of carbonyl (C=O) groups is 4. The number of fused-ring (bicyclic) bond motifs is 2. The molecule has 5 aromatic carbocycles. The predicted molar refractivity (Wildman–Crippen MR) is 162 cm³/mol. The molecule has 2 aliphatic rings. The molecule has 0 fully saturated rings. The molecule has 0 spiro atoms. The van der Waals surface area contributed by atoms with Crippen molar-refractivity contribution >= 4 is 66.7 Å². The first kappa shape index (κ1) is 25.4. The molecule has 0 saturated carbocycles. The highest BCUT2D eigenvalue weighted by atomic mass is 16.2. The lowest BCUT2D eigenvalue weighted by Gasteiger charge is -2.30. The smallest absolute Gasteiger partial charge is 0.261 e. The predicted octanol–water partition coefficient (Wildman–Crippen LogP) is 7.48. The Balaban J connectivity index is 1.42. The van der Waals surface area contributed by atoms with Crippen LogP contribution in [0.15, 0.2) is 60.7 Å². The van der Waals surface area contributed by atoms with Crippen LogP contribution in [0.2, 0.25) is 0 Å². The van der Waals surface area contributed by atoms with Gasteiger partial charge in [0.1, 0.15) is 0 Å². The Kier molecular flexibility index (Phi) is 5.72. The molecular formula is C35H30N2O4. The maximum Gasteiger partial charge on any atom is 0.261 e. The van der Waals surface area contributed by atoms with E-state index in [1.165, 1.54) is 15.4 Å². The van der Waals surface area contributed by atoms with Crippen LogP contribution in [-0.2, 0) is 0 Å². The summed E-state index contributed by atoms with van der Waals surface area (Å²) in [5.74, 6) is -1.05. The normalized spacial score (nSPS) is 15.0. The number of hydrogen-bond donors (Lipinski definition) is 0. The number of unbranched alkanes of at least 4 members (excludes halogenated alkanes) is 1. The third-order valence-corrected chi connectivity index (χ3v) is 8.91. The highest BCUT2D eigenvalue weighted by Crippen LogP contribution is 2.46. The Morgan fingerprint density at radius 2 is 0.951 bits per heavy atom. The van der Waals surface area contributed by atoms with E-state index in [0.29, 0.717) is 52.5 Å². The van der Waals surface area contributed by atoms with Crippen LogP contribution in [0, 0.1) is 0 Å². The molecule has 0 radical (unpaired) electrons. The first-order valence-electron chi connectivity index (χ1n) is 14.5. The minimum Gasteiger partial charge on any atom is -0.274 e. The fourth-order valence-electron chi connectivity index (χ4n) is 6.82. The molecule has 41 heavy (non-hydrogen) atoms. The van der Waals surface area contributed by atoms with E-state index in [9.17, 15) is 19.2 Å². The standard InChI is InChI=1S/C35H30N2O4/c1-4-17-36-32(38)24-13-9-20-22-11-15-26-31-27(35(41)37(34(26)40)18-7-6-8-19(3)5-2)16-12-23(29(22)31)21-10-14-25(33(36)39)30(24)28(20)21/h9-16H,3-8,17-18H2,1-2H3. The van der Waals surface area contributed by atoms with Gasteiger partial charge in [0.2, 0.25) is 0 Å². The number of carbonyl (C=O) groups excluding carboxylic acids is 4. The van der Waals surface area contributed by atoms with E-state index in [1.54, 1.807) is 0 Å². The van der Waals surface area contributed by atoms with Gasteiger partial charge in [0, 0.05) is 46.1 Å². The van der Waals surface area contributed by atoms with E-state index in [-0.39, 0.29) is 23.6 Å². The molecule has 0 saturated heterocycles. The maximum absolute atomic E-state index is 13.7. The van der Waals surface area contributed by atoms with Gasteiger partial charge in [0.05, 0.1) is 0 Å². The summed E-state index contributed by atoms with van der Waals surface area (Å²) in [7, 11) is 0. The summed E-state index contributed by atoms with van der Waals surface area (Å²) >= 11 is 0. The van der Waals surface area contributed by atoms with Crippen molar-refractivity contribution in [2.75, 3.05) is 13.1 Å². The van der Waals surface area contributed by atoms with Crippen LogP contribution in [0.1, 0.15) is 87.4 Å². The van der Waals surface area contributed by atoms with Gasteiger partial charge in [-0.25, -0.2) is 0 Å². The molecule has 0 unspecified atom stereocenters. The van der Waals surface area contributed by atoms with Crippen molar-refractivity contribution in [3.8, 4) is 0 Å². The summed E-state index contributed by atoms with van der Waals surface area (Å²) in [4.78, 5) is 56.8. The van der Waals surface area contributed by atoms with Crippen LogP contribution in [0.3, 0.4) is 0 Å². The topological polar surface area (TPSA) is 74.8 Å². The third kappa shape index (κ3) is 3.43.